The minimum atomic E-state index is -3.92. The highest BCUT2D eigenvalue weighted by Gasteiger charge is 2.36. The van der Waals surface area contributed by atoms with E-state index in [1.165, 1.54) is 10.7 Å². The number of aryl methyl sites for hydroxylation is 1. The molecule has 2 heterocycles. The molecule has 4 aromatic rings. The van der Waals surface area contributed by atoms with Crippen molar-refractivity contribution in [2.75, 3.05) is 10.8 Å². The maximum absolute atomic E-state index is 13.1. The summed E-state index contributed by atoms with van der Waals surface area (Å²) in [5.41, 5.74) is 4.62. The molecule has 0 saturated carbocycles. The predicted molar refractivity (Wildman–Crippen MR) is 130 cm³/mol. The number of nitrogens with one attached hydrogen (secondary N) is 2. The van der Waals surface area contributed by atoms with Crippen LogP contribution in [-0.2, 0) is 21.4 Å². The van der Waals surface area contributed by atoms with E-state index in [0.29, 0.717) is 34.8 Å². The molecule has 1 aliphatic rings. The molecular weight excluding hydrogens is 470 g/mol. The second-order valence-electron chi connectivity index (χ2n) is 8.07. The fourth-order valence-corrected chi connectivity index (χ4v) is 5.92. The summed E-state index contributed by atoms with van der Waals surface area (Å²) in [4.78, 5) is 38.3. The second kappa shape index (κ2) is 8.51. The predicted octanol–water partition coefficient (Wildman–Crippen LogP) is 1.93. The van der Waals surface area contributed by atoms with Gasteiger partial charge in [0.2, 0.25) is 0 Å². The highest BCUT2D eigenvalue weighted by atomic mass is 32.2. The van der Waals surface area contributed by atoms with E-state index in [2.05, 4.69) is 16.0 Å². The Labute approximate surface area is 200 Å². The Morgan fingerprint density at radius 3 is 2.40 bits per heavy atom. The highest BCUT2D eigenvalue weighted by Crippen LogP contribution is 2.41. The molecule has 2 N–H and O–H groups in total. The zero-order chi connectivity index (χ0) is 24.7. The Balaban J connectivity index is 1.37. The lowest BCUT2D eigenvalue weighted by atomic mass is 10.1. The van der Waals surface area contributed by atoms with Gasteiger partial charge in [0.15, 0.2) is 5.69 Å². The minimum Gasteiger partial charge on any atom is -0.271 e. The molecule has 11 heteroatoms. The molecule has 0 fully saturated rings. The van der Waals surface area contributed by atoms with Gasteiger partial charge in [0.05, 0.1) is 16.0 Å². The number of rotatable bonds is 5. The summed E-state index contributed by atoms with van der Waals surface area (Å²) in [6.45, 7) is 1.68. The van der Waals surface area contributed by atoms with Crippen molar-refractivity contribution in [2.45, 2.75) is 24.8 Å². The molecule has 5 rings (SSSR count). The molecule has 0 unspecified atom stereocenters. The normalized spacial score (nSPS) is 13.8. The molecule has 1 aliphatic heterocycles. The standard InChI is InChI=1S/C24H21N5O5S/c1-2-13-28-24(32)17-10-4-3-9-16(17)22(27-28)23(31)26-25-20(30)14-29-18-11-5-7-15-8-6-12-19(21(15)18)35(29,33)34/h3-12H,2,13-14H2,1H3,(H,25,30)(H,26,31). The molecule has 3 aromatic carbocycles. The number of hydrogen-bond donors (Lipinski definition) is 2. The second-order valence-corrected chi connectivity index (χ2v) is 9.90. The van der Waals surface area contributed by atoms with Crippen LogP contribution in [0.4, 0.5) is 5.69 Å². The Hall–Kier alpha value is -4.25. The fourth-order valence-electron chi connectivity index (χ4n) is 4.25. The summed E-state index contributed by atoms with van der Waals surface area (Å²) in [5.74, 6) is -1.47. The number of benzene rings is 3. The first-order valence-electron chi connectivity index (χ1n) is 11.0. The lowest BCUT2D eigenvalue weighted by molar-refractivity contribution is -0.120. The molecule has 0 saturated heterocycles. The first-order chi connectivity index (χ1) is 16.8. The van der Waals surface area contributed by atoms with Crippen molar-refractivity contribution in [3.63, 3.8) is 0 Å². The van der Waals surface area contributed by atoms with Crippen LogP contribution in [0.25, 0.3) is 21.5 Å². The summed E-state index contributed by atoms with van der Waals surface area (Å²) < 4.78 is 28.3. The van der Waals surface area contributed by atoms with Gasteiger partial charge < -0.3 is 0 Å². The fraction of sp³-hybridized carbons (Fsp3) is 0.167. The van der Waals surface area contributed by atoms with E-state index in [-0.39, 0.29) is 16.1 Å². The van der Waals surface area contributed by atoms with Gasteiger partial charge in [-0.1, -0.05) is 49.4 Å². The number of carbonyl (C=O) groups is 2. The van der Waals surface area contributed by atoms with Crippen molar-refractivity contribution in [3.05, 3.63) is 76.7 Å². The third-order valence-corrected chi connectivity index (χ3v) is 7.60. The molecule has 2 amide bonds. The maximum Gasteiger partial charge on any atom is 0.290 e. The highest BCUT2D eigenvalue weighted by molar-refractivity contribution is 7.93. The van der Waals surface area contributed by atoms with Crippen molar-refractivity contribution in [1.82, 2.24) is 20.6 Å². The van der Waals surface area contributed by atoms with E-state index >= 15 is 0 Å². The van der Waals surface area contributed by atoms with Gasteiger partial charge in [0, 0.05) is 17.3 Å². The van der Waals surface area contributed by atoms with Gasteiger partial charge in [-0.15, -0.1) is 0 Å². The number of aromatic nitrogens is 2. The number of hydrogen-bond acceptors (Lipinski definition) is 6. The lowest BCUT2D eigenvalue weighted by Gasteiger charge is -2.18. The van der Waals surface area contributed by atoms with Crippen LogP contribution in [0.3, 0.4) is 0 Å². The van der Waals surface area contributed by atoms with Gasteiger partial charge in [0.25, 0.3) is 27.4 Å². The molecule has 178 valence electrons. The molecule has 0 aliphatic carbocycles. The van der Waals surface area contributed by atoms with Gasteiger partial charge in [0.1, 0.15) is 6.54 Å². The van der Waals surface area contributed by atoms with E-state index < -0.39 is 28.4 Å². The first-order valence-corrected chi connectivity index (χ1v) is 12.4. The zero-order valence-electron chi connectivity index (χ0n) is 18.7. The lowest BCUT2D eigenvalue weighted by Crippen LogP contribution is -2.47. The van der Waals surface area contributed by atoms with E-state index in [9.17, 15) is 22.8 Å². The molecule has 0 atom stereocenters. The number of sulfonamides is 1. The molecular formula is C24H21N5O5S. The van der Waals surface area contributed by atoms with Crippen LogP contribution in [0, 0.1) is 0 Å². The molecule has 35 heavy (non-hydrogen) atoms. The number of fused-ring (bicyclic) bond motifs is 1. The molecule has 0 radical (unpaired) electrons. The first kappa shape index (κ1) is 22.5. The average Bonchev–Trinajstić information content (AvgIpc) is 3.07. The number of nitrogens with zero attached hydrogens (tertiary/aromatic N) is 3. The monoisotopic (exact) mass is 491 g/mol. The summed E-state index contributed by atoms with van der Waals surface area (Å²) in [6, 6.07) is 16.7. The van der Waals surface area contributed by atoms with E-state index in [1.807, 2.05) is 6.92 Å². The molecule has 10 nitrogen and oxygen atoms in total. The van der Waals surface area contributed by atoms with Crippen molar-refractivity contribution in [3.8, 4) is 0 Å². The van der Waals surface area contributed by atoms with E-state index in [0.717, 1.165) is 9.69 Å². The molecule has 1 aromatic heterocycles. The van der Waals surface area contributed by atoms with Crippen molar-refractivity contribution >= 4 is 49.1 Å². The van der Waals surface area contributed by atoms with Crippen LogP contribution in [0.15, 0.2) is 70.4 Å². The molecule has 0 spiro atoms. The number of carbonyl (C=O) groups excluding carboxylic acids is 2. The topological polar surface area (TPSA) is 130 Å². The van der Waals surface area contributed by atoms with Crippen molar-refractivity contribution in [2.24, 2.45) is 0 Å². The minimum absolute atomic E-state index is 0.0279. The van der Waals surface area contributed by atoms with E-state index in [1.54, 1.807) is 54.6 Å². The molecule has 0 bridgehead atoms. The number of amides is 2. The van der Waals surface area contributed by atoms with Gasteiger partial charge in [-0.05, 0) is 30.0 Å². The Morgan fingerprint density at radius 2 is 1.66 bits per heavy atom. The van der Waals surface area contributed by atoms with Gasteiger partial charge in [-0.25, -0.2) is 13.1 Å². The van der Waals surface area contributed by atoms with Crippen LogP contribution in [-0.4, -0.2) is 36.6 Å². The maximum atomic E-state index is 13.1. The quantitative estimate of drug-likeness (QED) is 0.410. The smallest absolute Gasteiger partial charge is 0.271 e. The Kier molecular flexibility index (Phi) is 5.48. The summed E-state index contributed by atoms with van der Waals surface area (Å²) in [7, 11) is -3.92. The van der Waals surface area contributed by atoms with Crippen LogP contribution in [0.5, 0.6) is 0 Å². The van der Waals surface area contributed by atoms with Gasteiger partial charge >= 0.3 is 0 Å². The summed E-state index contributed by atoms with van der Waals surface area (Å²) >= 11 is 0. The van der Waals surface area contributed by atoms with Crippen LogP contribution >= 0.6 is 0 Å². The zero-order valence-corrected chi connectivity index (χ0v) is 19.5. The Bertz CT molecular complexity index is 1670. The number of anilines is 1. The average molecular weight is 492 g/mol. The van der Waals surface area contributed by atoms with Crippen LogP contribution in [0.1, 0.15) is 23.8 Å². The summed E-state index contributed by atoms with van der Waals surface area (Å²) in [6.07, 6.45) is 0.641. The van der Waals surface area contributed by atoms with Crippen LogP contribution in [0.2, 0.25) is 0 Å². The van der Waals surface area contributed by atoms with E-state index in [4.69, 9.17) is 0 Å². The van der Waals surface area contributed by atoms with Crippen molar-refractivity contribution in [1.29, 1.82) is 0 Å². The third-order valence-electron chi connectivity index (χ3n) is 5.80. The number of hydrazine groups is 1. The van der Waals surface area contributed by atoms with Gasteiger partial charge in [-0.3, -0.25) is 29.5 Å². The van der Waals surface area contributed by atoms with Crippen molar-refractivity contribution < 1.29 is 18.0 Å². The van der Waals surface area contributed by atoms with Crippen LogP contribution < -0.4 is 20.7 Å². The largest absolute Gasteiger partial charge is 0.290 e. The summed E-state index contributed by atoms with van der Waals surface area (Å²) in [5, 5.41) is 6.17. The third kappa shape index (κ3) is 3.69. The SMILES string of the molecule is CCCn1nc(C(=O)NNC(=O)CN2c3cccc4cccc(c34)S2(=O)=O)c2ccccc2c1=O. The Morgan fingerprint density at radius 1 is 0.943 bits per heavy atom. The van der Waals surface area contributed by atoms with Gasteiger partial charge in [-0.2, -0.15) is 5.10 Å².